The Morgan fingerprint density at radius 3 is 1.71 bits per heavy atom. The van der Waals surface area contributed by atoms with Gasteiger partial charge in [-0.05, 0) is 30.7 Å². The monoisotopic (exact) mass is 199 g/mol. The molecule has 1 N–H and O–H groups in total. The van der Waals surface area contributed by atoms with E-state index in [1.54, 1.807) is 0 Å². The molecule has 0 aliphatic carbocycles. The van der Waals surface area contributed by atoms with Crippen LogP contribution in [0.15, 0.2) is 0 Å². The third-order valence-electron chi connectivity index (χ3n) is 3.99. The van der Waals surface area contributed by atoms with E-state index in [1.807, 2.05) is 0 Å². The first-order chi connectivity index (χ1) is 6.45. The van der Waals surface area contributed by atoms with Crippen LogP contribution in [-0.4, -0.2) is 13.1 Å². The van der Waals surface area contributed by atoms with E-state index in [4.69, 9.17) is 0 Å². The van der Waals surface area contributed by atoms with Gasteiger partial charge in [0.2, 0.25) is 0 Å². The predicted molar refractivity (Wildman–Crippen MR) is 65.5 cm³/mol. The van der Waals surface area contributed by atoms with Crippen LogP contribution in [0, 0.1) is 23.7 Å². The molecule has 0 saturated heterocycles. The third-order valence-corrected chi connectivity index (χ3v) is 3.99. The van der Waals surface area contributed by atoms with E-state index < -0.39 is 0 Å². The van der Waals surface area contributed by atoms with E-state index in [1.165, 1.54) is 6.42 Å². The second-order valence-electron chi connectivity index (χ2n) is 5.16. The van der Waals surface area contributed by atoms with Crippen molar-refractivity contribution in [1.29, 1.82) is 0 Å². The summed E-state index contributed by atoms with van der Waals surface area (Å²) in [6, 6.07) is 0.652. The Balaban J connectivity index is 4.33. The normalized spacial score (nSPS) is 20.6. The zero-order valence-corrected chi connectivity index (χ0v) is 11.1. The molecule has 1 heteroatoms. The maximum absolute atomic E-state index is 3.46. The second-order valence-corrected chi connectivity index (χ2v) is 5.16. The van der Waals surface area contributed by atoms with Crippen LogP contribution >= 0.6 is 0 Å². The van der Waals surface area contributed by atoms with Crippen molar-refractivity contribution in [3.05, 3.63) is 0 Å². The Labute approximate surface area is 90.7 Å². The van der Waals surface area contributed by atoms with Crippen molar-refractivity contribution < 1.29 is 0 Å². The zero-order chi connectivity index (χ0) is 11.3. The topological polar surface area (TPSA) is 12.0 Å². The highest BCUT2D eigenvalue weighted by atomic mass is 14.9. The minimum Gasteiger partial charge on any atom is -0.316 e. The Morgan fingerprint density at radius 2 is 1.43 bits per heavy atom. The summed E-state index contributed by atoms with van der Waals surface area (Å²) >= 11 is 0. The van der Waals surface area contributed by atoms with Gasteiger partial charge in [0.05, 0.1) is 0 Å². The molecule has 0 bridgehead atoms. The number of hydrogen-bond acceptors (Lipinski definition) is 1. The van der Waals surface area contributed by atoms with Gasteiger partial charge >= 0.3 is 0 Å². The van der Waals surface area contributed by atoms with Crippen LogP contribution in [0.3, 0.4) is 0 Å². The van der Waals surface area contributed by atoms with E-state index in [0.717, 1.165) is 23.7 Å². The minimum atomic E-state index is 0.652. The van der Waals surface area contributed by atoms with Crippen molar-refractivity contribution in [2.24, 2.45) is 23.7 Å². The summed E-state index contributed by atoms with van der Waals surface area (Å²) in [4.78, 5) is 0. The number of rotatable bonds is 6. The van der Waals surface area contributed by atoms with Crippen LogP contribution in [0.4, 0.5) is 0 Å². The smallest absolute Gasteiger partial charge is 0.0115 e. The lowest BCUT2D eigenvalue weighted by molar-refractivity contribution is 0.191. The first-order valence-corrected chi connectivity index (χ1v) is 6.12. The quantitative estimate of drug-likeness (QED) is 0.690. The first-order valence-electron chi connectivity index (χ1n) is 6.12. The fraction of sp³-hybridized carbons (Fsp3) is 1.00. The fourth-order valence-electron chi connectivity index (χ4n) is 2.42. The maximum Gasteiger partial charge on any atom is 0.0115 e. The molecule has 0 fully saturated rings. The molecular weight excluding hydrogens is 170 g/mol. The molecule has 1 nitrogen and oxygen atoms in total. The van der Waals surface area contributed by atoms with Crippen molar-refractivity contribution in [3.63, 3.8) is 0 Å². The fourth-order valence-corrected chi connectivity index (χ4v) is 2.42. The van der Waals surface area contributed by atoms with Gasteiger partial charge < -0.3 is 5.32 Å². The lowest BCUT2D eigenvalue weighted by Gasteiger charge is -2.34. The van der Waals surface area contributed by atoms with Gasteiger partial charge in [-0.1, -0.05) is 48.0 Å². The molecule has 0 aliphatic heterocycles. The van der Waals surface area contributed by atoms with Gasteiger partial charge in [0.25, 0.3) is 0 Å². The highest BCUT2D eigenvalue weighted by molar-refractivity contribution is 4.80. The Kier molecular flexibility index (Phi) is 6.43. The second kappa shape index (κ2) is 6.44. The van der Waals surface area contributed by atoms with E-state index in [2.05, 4.69) is 53.9 Å². The van der Waals surface area contributed by atoms with Crippen LogP contribution < -0.4 is 5.32 Å². The molecular formula is C13H29N. The van der Waals surface area contributed by atoms with Crippen LogP contribution in [0.25, 0.3) is 0 Å². The molecule has 14 heavy (non-hydrogen) atoms. The largest absolute Gasteiger partial charge is 0.316 e. The summed E-state index contributed by atoms with van der Waals surface area (Å²) in [6.07, 6.45) is 1.29. The van der Waals surface area contributed by atoms with Crippen molar-refractivity contribution in [2.45, 2.75) is 54.0 Å². The molecule has 86 valence electrons. The summed E-state index contributed by atoms with van der Waals surface area (Å²) in [7, 11) is 2.09. The molecule has 0 heterocycles. The first kappa shape index (κ1) is 14.0. The average molecular weight is 199 g/mol. The summed E-state index contributed by atoms with van der Waals surface area (Å²) in [6.45, 7) is 14.1. The SMILES string of the molecule is CCC(C)C(C)C(C)C(NC)C(C)C. The van der Waals surface area contributed by atoms with Gasteiger partial charge in [-0.3, -0.25) is 0 Å². The third kappa shape index (κ3) is 3.61. The van der Waals surface area contributed by atoms with Crippen molar-refractivity contribution in [2.75, 3.05) is 7.05 Å². The summed E-state index contributed by atoms with van der Waals surface area (Å²) in [5.74, 6) is 3.12. The highest BCUT2D eigenvalue weighted by Crippen LogP contribution is 2.28. The summed E-state index contributed by atoms with van der Waals surface area (Å²) in [5.41, 5.74) is 0. The van der Waals surface area contributed by atoms with E-state index in [9.17, 15) is 0 Å². The average Bonchev–Trinajstić information content (AvgIpc) is 2.15. The highest BCUT2D eigenvalue weighted by Gasteiger charge is 2.26. The summed E-state index contributed by atoms with van der Waals surface area (Å²) in [5, 5.41) is 3.46. The maximum atomic E-state index is 3.46. The molecule has 0 aromatic carbocycles. The lowest BCUT2D eigenvalue weighted by atomic mass is 9.77. The van der Waals surface area contributed by atoms with Gasteiger partial charge in [0, 0.05) is 6.04 Å². The van der Waals surface area contributed by atoms with Crippen molar-refractivity contribution in [1.82, 2.24) is 5.32 Å². The molecule has 4 atom stereocenters. The minimum absolute atomic E-state index is 0.652. The number of hydrogen-bond donors (Lipinski definition) is 1. The lowest BCUT2D eigenvalue weighted by Crippen LogP contribution is -2.40. The molecule has 0 rings (SSSR count). The predicted octanol–water partition coefficient (Wildman–Crippen LogP) is 3.55. The van der Waals surface area contributed by atoms with Gasteiger partial charge in [0.15, 0.2) is 0 Å². The van der Waals surface area contributed by atoms with Gasteiger partial charge in [-0.25, -0.2) is 0 Å². The zero-order valence-electron chi connectivity index (χ0n) is 11.1. The van der Waals surface area contributed by atoms with E-state index in [-0.39, 0.29) is 0 Å². The molecule has 4 unspecified atom stereocenters. The Hall–Kier alpha value is -0.0400. The Bertz CT molecular complexity index is 142. The molecule has 0 spiro atoms. The van der Waals surface area contributed by atoms with Gasteiger partial charge in [0.1, 0.15) is 0 Å². The summed E-state index contributed by atoms with van der Waals surface area (Å²) < 4.78 is 0. The standard InChI is InChI=1S/C13H29N/c1-8-10(4)11(5)12(6)13(14-7)9(2)3/h9-14H,8H2,1-7H3. The molecule has 0 aliphatic rings. The van der Waals surface area contributed by atoms with E-state index >= 15 is 0 Å². The van der Waals surface area contributed by atoms with Crippen LogP contribution in [0.2, 0.25) is 0 Å². The van der Waals surface area contributed by atoms with Crippen molar-refractivity contribution >= 4 is 0 Å². The van der Waals surface area contributed by atoms with Crippen LogP contribution in [0.1, 0.15) is 48.0 Å². The van der Waals surface area contributed by atoms with E-state index in [0.29, 0.717) is 6.04 Å². The molecule has 0 saturated carbocycles. The van der Waals surface area contributed by atoms with Crippen LogP contribution in [0.5, 0.6) is 0 Å². The Morgan fingerprint density at radius 1 is 0.929 bits per heavy atom. The van der Waals surface area contributed by atoms with Crippen molar-refractivity contribution in [3.8, 4) is 0 Å². The number of nitrogens with one attached hydrogen (secondary N) is 1. The molecule has 0 aromatic rings. The molecule has 0 aromatic heterocycles. The molecule has 0 radical (unpaired) electrons. The van der Waals surface area contributed by atoms with Gasteiger partial charge in [-0.2, -0.15) is 0 Å². The molecule has 0 amide bonds. The van der Waals surface area contributed by atoms with Crippen LogP contribution in [-0.2, 0) is 0 Å². The van der Waals surface area contributed by atoms with Gasteiger partial charge in [-0.15, -0.1) is 0 Å².